The summed E-state index contributed by atoms with van der Waals surface area (Å²) in [6.45, 7) is 1.41. The molecule has 3 aliphatic heterocycles. The van der Waals surface area contributed by atoms with Gasteiger partial charge in [0, 0.05) is 16.7 Å². The maximum atomic E-state index is 8.88. The predicted molar refractivity (Wildman–Crippen MR) is 144 cm³/mol. The van der Waals surface area contributed by atoms with E-state index < -0.39 is 0 Å². The second kappa shape index (κ2) is 12.4. The lowest BCUT2D eigenvalue weighted by Crippen LogP contribution is -2.00. The zero-order valence-electron chi connectivity index (χ0n) is 19.4. The van der Waals surface area contributed by atoms with Crippen LogP contribution >= 0.6 is 11.8 Å². The first-order chi connectivity index (χ1) is 17.3. The van der Waals surface area contributed by atoms with E-state index in [-0.39, 0.29) is 0 Å². The summed E-state index contributed by atoms with van der Waals surface area (Å²) < 4.78 is 16.3. The van der Waals surface area contributed by atoms with Crippen molar-refractivity contribution in [2.45, 2.75) is 0 Å². The molecule has 0 unspecified atom stereocenters. The largest absolute Gasteiger partial charge is 0.489 e. The Labute approximate surface area is 210 Å². The maximum Gasteiger partial charge on any atom is 0.151 e. The molecule has 35 heavy (non-hydrogen) atoms. The summed E-state index contributed by atoms with van der Waals surface area (Å²) in [7, 11) is 0. The first-order valence-corrected chi connectivity index (χ1v) is 12.4. The molecule has 0 N–H and O–H groups in total. The van der Waals surface area contributed by atoms with Crippen LogP contribution in [0.15, 0.2) is 102 Å². The van der Waals surface area contributed by atoms with Crippen LogP contribution in [0.25, 0.3) is 18.2 Å². The van der Waals surface area contributed by atoms with Gasteiger partial charge in [-0.15, -0.1) is 11.8 Å². The van der Waals surface area contributed by atoms with Crippen LogP contribution in [0, 0.1) is 11.3 Å². The second-order valence-electron chi connectivity index (χ2n) is 7.48. The Morgan fingerprint density at radius 1 is 0.686 bits per heavy atom. The van der Waals surface area contributed by atoms with Crippen LogP contribution in [-0.4, -0.2) is 19.5 Å². The van der Waals surface area contributed by atoms with Crippen molar-refractivity contribution >= 4 is 30.0 Å². The Kier molecular flexibility index (Phi) is 8.47. The van der Waals surface area contributed by atoms with Crippen molar-refractivity contribution in [1.82, 2.24) is 0 Å². The molecule has 3 aromatic carbocycles. The average molecular weight is 480 g/mol. The van der Waals surface area contributed by atoms with Crippen molar-refractivity contribution in [2.24, 2.45) is 0 Å². The van der Waals surface area contributed by atoms with E-state index in [1.54, 1.807) is 0 Å². The van der Waals surface area contributed by atoms with Crippen LogP contribution in [0.4, 0.5) is 0 Å². The van der Waals surface area contributed by atoms with Gasteiger partial charge in [-0.2, -0.15) is 5.26 Å². The van der Waals surface area contributed by atoms with E-state index in [0.717, 1.165) is 22.8 Å². The third kappa shape index (κ3) is 6.47. The molecule has 0 bridgehead atoms. The molecule has 0 fully saturated rings. The van der Waals surface area contributed by atoms with Crippen molar-refractivity contribution < 1.29 is 14.2 Å². The van der Waals surface area contributed by atoms with E-state index in [2.05, 4.69) is 18.2 Å². The van der Waals surface area contributed by atoms with E-state index >= 15 is 0 Å². The van der Waals surface area contributed by atoms with Gasteiger partial charge in [0.15, 0.2) is 5.76 Å². The summed E-state index contributed by atoms with van der Waals surface area (Å²) in [4.78, 5) is 0.598. The molecule has 3 aliphatic rings. The number of hydrogen-bond donors (Lipinski definition) is 0. The van der Waals surface area contributed by atoms with Gasteiger partial charge in [0.1, 0.15) is 41.4 Å². The standard InChI is InChI=1S/C12H9NOS.2C9H8O/c1-15-12(8-13)11-7-6-9-4-2-3-5-10(9)14-11;2*1-2-6-9-8(4-1)5-3-7-10-9/h2-7H,1H3;2*1-6H,7H2/b12-11-;;. The molecule has 0 amide bonds. The molecule has 0 atom stereocenters. The Morgan fingerprint density at radius 2 is 1.17 bits per heavy atom. The van der Waals surface area contributed by atoms with Crippen LogP contribution in [-0.2, 0) is 0 Å². The Morgan fingerprint density at radius 3 is 1.66 bits per heavy atom. The number of nitriles is 1. The highest BCUT2D eigenvalue weighted by atomic mass is 32.2. The molecule has 0 saturated heterocycles. The minimum Gasteiger partial charge on any atom is -0.489 e. The minimum atomic E-state index is 0.598. The molecule has 0 spiro atoms. The molecule has 0 radical (unpaired) electrons. The van der Waals surface area contributed by atoms with Gasteiger partial charge in [-0.05, 0) is 48.8 Å². The minimum absolute atomic E-state index is 0.598. The van der Waals surface area contributed by atoms with Crippen LogP contribution in [0.2, 0.25) is 0 Å². The highest BCUT2D eigenvalue weighted by Gasteiger charge is 2.12. The first-order valence-electron chi connectivity index (χ1n) is 11.2. The Balaban J connectivity index is 0.000000128. The topological polar surface area (TPSA) is 51.5 Å². The number of thioether (sulfide) groups is 1. The zero-order chi connectivity index (χ0) is 24.3. The van der Waals surface area contributed by atoms with Crippen molar-refractivity contribution in [1.29, 1.82) is 5.26 Å². The number of fused-ring (bicyclic) bond motifs is 3. The molecule has 6 rings (SSSR count). The molecule has 0 saturated carbocycles. The van der Waals surface area contributed by atoms with Gasteiger partial charge in [-0.3, -0.25) is 0 Å². The van der Waals surface area contributed by atoms with Gasteiger partial charge in [0.05, 0.1) is 0 Å². The molecule has 174 valence electrons. The molecule has 0 aliphatic carbocycles. The van der Waals surface area contributed by atoms with E-state index in [9.17, 15) is 0 Å². The monoisotopic (exact) mass is 479 g/mol. The average Bonchev–Trinajstić information content (AvgIpc) is 2.94. The fourth-order valence-electron chi connectivity index (χ4n) is 3.48. The van der Waals surface area contributed by atoms with Gasteiger partial charge in [-0.25, -0.2) is 0 Å². The van der Waals surface area contributed by atoms with Crippen LogP contribution in [0.5, 0.6) is 17.2 Å². The number of rotatable bonds is 1. The van der Waals surface area contributed by atoms with E-state index in [4.69, 9.17) is 19.5 Å². The Bertz CT molecular complexity index is 1270. The van der Waals surface area contributed by atoms with Crippen molar-refractivity contribution in [3.63, 3.8) is 0 Å². The molecule has 3 heterocycles. The molecule has 0 aromatic heterocycles. The van der Waals surface area contributed by atoms with Crippen molar-refractivity contribution in [3.8, 4) is 23.3 Å². The number of para-hydroxylation sites is 3. The lowest BCUT2D eigenvalue weighted by atomic mass is 10.1. The van der Waals surface area contributed by atoms with Gasteiger partial charge < -0.3 is 14.2 Å². The molecule has 4 nitrogen and oxygen atoms in total. The third-order valence-corrected chi connectivity index (χ3v) is 5.89. The number of hydrogen-bond acceptors (Lipinski definition) is 5. The van der Waals surface area contributed by atoms with E-state index in [1.165, 1.54) is 22.9 Å². The SMILES string of the molecule is C1=Cc2ccccc2OC1.C1=Cc2ccccc2OC1.CS/C(C#N)=C1/C=Cc2ccccc2O1. The second-order valence-corrected chi connectivity index (χ2v) is 8.30. The number of allylic oxidation sites excluding steroid dienone is 2. The van der Waals surface area contributed by atoms with Crippen LogP contribution in [0.3, 0.4) is 0 Å². The van der Waals surface area contributed by atoms with E-state index in [0.29, 0.717) is 23.9 Å². The Hall–Kier alpha value is -4.14. The van der Waals surface area contributed by atoms with Gasteiger partial charge in [0.2, 0.25) is 0 Å². The molecular formula is C30H25NO3S. The fourth-order valence-corrected chi connectivity index (χ4v) is 3.88. The smallest absolute Gasteiger partial charge is 0.151 e. The molecule has 3 aromatic rings. The predicted octanol–water partition coefficient (Wildman–Crippen LogP) is 7.37. The number of nitrogens with zero attached hydrogens (tertiary/aromatic N) is 1. The van der Waals surface area contributed by atoms with Crippen molar-refractivity contribution in [2.75, 3.05) is 19.5 Å². The van der Waals surface area contributed by atoms with Gasteiger partial charge in [0.25, 0.3) is 0 Å². The summed E-state index contributed by atoms with van der Waals surface area (Å²) in [5.74, 6) is 3.41. The summed E-state index contributed by atoms with van der Waals surface area (Å²) in [5.41, 5.74) is 3.39. The summed E-state index contributed by atoms with van der Waals surface area (Å²) in [6.07, 6.45) is 13.9. The van der Waals surface area contributed by atoms with E-state index in [1.807, 2.05) is 103 Å². The highest BCUT2D eigenvalue weighted by molar-refractivity contribution is 8.02. The van der Waals surface area contributed by atoms with Crippen LogP contribution < -0.4 is 14.2 Å². The molecular weight excluding hydrogens is 454 g/mol. The van der Waals surface area contributed by atoms with Gasteiger partial charge >= 0.3 is 0 Å². The van der Waals surface area contributed by atoms with Crippen molar-refractivity contribution in [3.05, 3.63) is 118 Å². The summed E-state index contributed by atoms with van der Waals surface area (Å²) >= 11 is 1.39. The van der Waals surface area contributed by atoms with Gasteiger partial charge in [-0.1, -0.05) is 66.7 Å². The molecule has 5 heteroatoms. The highest BCUT2D eigenvalue weighted by Crippen LogP contribution is 2.30. The third-order valence-electron chi connectivity index (χ3n) is 5.19. The zero-order valence-corrected chi connectivity index (χ0v) is 20.2. The number of benzene rings is 3. The van der Waals surface area contributed by atoms with Crippen LogP contribution in [0.1, 0.15) is 16.7 Å². The maximum absolute atomic E-state index is 8.88. The quantitative estimate of drug-likeness (QED) is 0.341. The first kappa shape index (κ1) is 24.0. The summed E-state index contributed by atoms with van der Waals surface area (Å²) in [6, 6.07) is 25.9. The lowest BCUT2D eigenvalue weighted by Gasteiger charge is -2.14. The fraction of sp³-hybridized carbons (Fsp3) is 0.100. The summed E-state index contributed by atoms with van der Waals surface area (Å²) in [5, 5.41) is 8.88. The normalized spacial score (nSPS) is 15.0. The number of ether oxygens (including phenoxy) is 3. The lowest BCUT2D eigenvalue weighted by molar-refractivity contribution is 0.358.